The van der Waals surface area contributed by atoms with Crippen LogP contribution in [0.3, 0.4) is 0 Å². The number of amides is 1. The smallest absolute Gasteiger partial charge is 0.343 e. The van der Waals surface area contributed by atoms with Crippen LogP contribution in [0, 0.1) is 10.1 Å². The average molecular weight is 518 g/mol. The number of hydrogen-bond donors (Lipinski definition) is 1. The zero-order valence-corrected chi connectivity index (χ0v) is 21.4. The Bertz CT molecular complexity index is 1390. The Morgan fingerprint density at radius 3 is 2.28 bits per heavy atom. The first-order valence-electron chi connectivity index (χ1n) is 11.8. The van der Waals surface area contributed by atoms with Gasteiger partial charge in [0, 0.05) is 18.2 Å². The van der Waals surface area contributed by atoms with Gasteiger partial charge in [0.05, 0.1) is 20.9 Å². The monoisotopic (exact) mass is 517 g/mol. The quantitative estimate of drug-likeness (QED) is 0.288. The highest BCUT2D eigenvalue weighted by Gasteiger charge is 2.26. The molecule has 1 heterocycles. The van der Waals surface area contributed by atoms with E-state index in [0.29, 0.717) is 3.97 Å². The number of carbonyl (C=O) groups excluding carboxylic acids is 1. The van der Waals surface area contributed by atoms with Gasteiger partial charge in [-0.2, -0.15) is 3.97 Å². The minimum atomic E-state index is -4.38. The molecule has 3 aromatic rings. The number of para-hydroxylation sites is 2. The van der Waals surface area contributed by atoms with Crippen LogP contribution in [0.4, 0.5) is 5.69 Å². The van der Waals surface area contributed by atoms with Gasteiger partial charge in [-0.1, -0.05) is 26.0 Å². The minimum absolute atomic E-state index is 0.110. The van der Waals surface area contributed by atoms with Crippen molar-refractivity contribution in [2.24, 2.45) is 0 Å². The number of fused-ring (bicyclic) bond motifs is 1. The summed E-state index contributed by atoms with van der Waals surface area (Å²) in [5.74, 6) is -0.400. The van der Waals surface area contributed by atoms with Crippen LogP contribution in [0.1, 0.15) is 33.6 Å². The molecule has 12 heteroatoms. The lowest BCUT2D eigenvalue weighted by Crippen LogP contribution is -2.38. The number of rotatable bonds is 12. The maximum Gasteiger partial charge on any atom is 0.343 e. The fourth-order valence-electron chi connectivity index (χ4n) is 4.11. The summed E-state index contributed by atoms with van der Waals surface area (Å²) in [6.07, 6.45) is 1.68. The highest BCUT2D eigenvalue weighted by molar-refractivity contribution is 7.90. The Morgan fingerprint density at radius 1 is 1.08 bits per heavy atom. The van der Waals surface area contributed by atoms with Gasteiger partial charge in [-0.25, -0.2) is 13.2 Å². The zero-order valence-electron chi connectivity index (χ0n) is 20.6. The Balaban J connectivity index is 1.85. The molecule has 0 aliphatic heterocycles. The molecule has 11 nitrogen and oxygen atoms in total. The van der Waals surface area contributed by atoms with E-state index >= 15 is 0 Å². The molecule has 0 saturated carbocycles. The summed E-state index contributed by atoms with van der Waals surface area (Å²) >= 11 is 0. The maximum absolute atomic E-state index is 13.3. The summed E-state index contributed by atoms with van der Waals surface area (Å²) in [4.78, 5) is 38.3. The van der Waals surface area contributed by atoms with Crippen LogP contribution in [-0.2, 0) is 21.4 Å². The van der Waals surface area contributed by atoms with Gasteiger partial charge in [0.2, 0.25) is 5.91 Å². The molecule has 0 saturated heterocycles. The van der Waals surface area contributed by atoms with E-state index in [2.05, 4.69) is 24.1 Å². The summed E-state index contributed by atoms with van der Waals surface area (Å²) in [7, 11) is -4.38. The van der Waals surface area contributed by atoms with Crippen LogP contribution in [0.2, 0.25) is 0 Å². The van der Waals surface area contributed by atoms with Crippen molar-refractivity contribution in [2.75, 3.05) is 19.6 Å². The molecule has 36 heavy (non-hydrogen) atoms. The number of benzene rings is 2. The van der Waals surface area contributed by atoms with Crippen LogP contribution in [0.5, 0.6) is 0 Å². The van der Waals surface area contributed by atoms with Gasteiger partial charge in [-0.15, -0.1) is 0 Å². The number of hydrogen-bond acceptors (Lipinski definition) is 7. The molecule has 0 aliphatic rings. The highest BCUT2D eigenvalue weighted by atomic mass is 32.2. The largest absolute Gasteiger partial charge is 0.352 e. The summed E-state index contributed by atoms with van der Waals surface area (Å²) in [6, 6.07) is 10.5. The number of carbonyl (C=O) groups is 1. The third kappa shape index (κ3) is 5.82. The van der Waals surface area contributed by atoms with Crippen molar-refractivity contribution < 1.29 is 18.1 Å². The van der Waals surface area contributed by atoms with Gasteiger partial charge in [-0.05, 0) is 63.7 Å². The van der Waals surface area contributed by atoms with Crippen LogP contribution in [0.15, 0.2) is 58.2 Å². The summed E-state index contributed by atoms with van der Waals surface area (Å²) in [5, 5.41) is 13.8. The molecule has 0 bridgehead atoms. The third-order valence-corrected chi connectivity index (χ3v) is 7.80. The fourth-order valence-corrected chi connectivity index (χ4v) is 5.52. The summed E-state index contributed by atoms with van der Waals surface area (Å²) in [5.41, 5.74) is -0.760. The van der Waals surface area contributed by atoms with Gasteiger partial charge in [-0.3, -0.25) is 19.5 Å². The fraction of sp³-hybridized carbons (Fsp3) is 0.417. The van der Waals surface area contributed by atoms with Crippen molar-refractivity contribution in [3.05, 3.63) is 69.1 Å². The van der Waals surface area contributed by atoms with Crippen LogP contribution < -0.4 is 11.0 Å². The number of imidazole rings is 1. The Hall–Kier alpha value is -3.51. The first-order chi connectivity index (χ1) is 17.1. The van der Waals surface area contributed by atoms with Crippen molar-refractivity contribution in [1.82, 2.24) is 18.8 Å². The van der Waals surface area contributed by atoms with Crippen LogP contribution >= 0.6 is 0 Å². The zero-order chi connectivity index (χ0) is 26.5. The lowest BCUT2D eigenvalue weighted by Gasteiger charge is -2.19. The highest BCUT2D eigenvalue weighted by Crippen LogP contribution is 2.22. The van der Waals surface area contributed by atoms with Gasteiger partial charge >= 0.3 is 5.69 Å². The first-order valence-corrected chi connectivity index (χ1v) is 13.3. The molecule has 1 N–H and O–H groups in total. The lowest BCUT2D eigenvalue weighted by atomic mass is 10.1. The molecule has 0 radical (unpaired) electrons. The third-order valence-electron chi connectivity index (χ3n) is 6.10. The molecule has 0 fully saturated rings. The standard InChI is InChI=1S/C24H31N5O6S/c1-4-26(5-2)16-8-9-18(3)25-23(30)17-27-21-10-6-7-11-22(21)28(24(27)31)36(34,35)20-14-12-19(13-15-20)29(32)33/h6-7,10-15,18H,4-5,8-9,16-17H2,1-3H3,(H,25,30). The number of nitro groups is 1. The number of non-ortho nitro benzene ring substituents is 1. The van der Waals surface area contributed by atoms with Crippen molar-refractivity contribution in [3.8, 4) is 0 Å². The second-order valence-electron chi connectivity index (χ2n) is 8.52. The molecule has 3 rings (SSSR count). The van der Waals surface area contributed by atoms with E-state index in [1.54, 1.807) is 18.2 Å². The predicted molar refractivity (Wildman–Crippen MR) is 137 cm³/mol. The summed E-state index contributed by atoms with van der Waals surface area (Å²) < 4.78 is 28.4. The molecule has 1 aromatic heterocycles. The lowest BCUT2D eigenvalue weighted by molar-refractivity contribution is -0.384. The van der Waals surface area contributed by atoms with E-state index in [-0.39, 0.29) is 34.2 Å². The van der Waals surface area contributed by atoms with Gasteiger partial charge in [0.15, 0.2) is 0 Å². The number of nitrogens with one attached hydrogen (secondary N) is 1. The Morgan fingerprint density at radius 2 is 1.69 bits per heavy atom. The van der Waals surface area contributed by atoms with E-state index in [1.807, 2.05) is 6.92 Å². The molecule has 2 aromatic carbocycles. The average Bonchev–Trinajstić information content (AvgIpc) is 3.13. The Kier molecular flexibility index (Phi) is 8.64. The molecule has 1 unspecified atom stereocenters. The maximum atomic E-state index is 13.3. The van der Waals surface area contributed by atoms with Crippen molar-refractivity contribution in [1.29, 1.82) is 0 Å². The Labute approximate surface area is 209 Å². The van der Waals surface area contributed by atoms with Crippen molar-refractivity contribution >= 4 is 32.7 Å². The number of nitrogens with zero attached hydrogens (tertiary/aromatic N) is 4. The normalized spacial score (nSPS) is 12.7. The molecule has 1 amide bonds. The first kappa shape index (κ1) is 27.1. The van der Waals surface area contributed by atoms with E-state index in [1.165, 1.54) is 6.07 Å². The summed E-state index contributed by atoms with van der Waals surface area (Å²) in [6.45, 7) is 8.61. The van der Waals surface area contributed by atoms with E-state index in [4.69, 9.17) is 0 Å². The number of aromatic nitrogens is 2. The molecule has 0 spiro atoms. The van der Waals surface area contributed by atoms with E-state index in [0.717, 1.165) is 61.3 Å². The number of nitro benzene ring substituents is 1. The van der Waals surface area contributed by atoms with Gasteiger partial charge in [0.1, 0.15) is 6.54 Å². The molecule has 194 valence electrons. The molecule has 1 atom stereocenters. The second kappa shape index (κ2) is 11.5. The topological polar surface area (TPSA) is 137 Å². The molecular weight excluding hydrogens is 486 g/mol. The SMILES string of the molecule is CCN(CC)CCCC(C)NC(=O)Cn1c(=O)n(S(=O)(=O)c2ccc([N+](=O)[O-])cc2)c2ccccc21. The van der Waals surface area contributed by atoms with E-state index < -0.39 is 26.5 Å². The predicted octanol–water partition coefficient (Wildman–Crippen LogP) is 2.57. The van der Waals surface area contributed by atoms with Gasteiger partial charge < -0.3 is 10.2 Å². The second-order valence-corrected chi connectivity index (χ2v) is 10.3. The van der Waals surface area contributed by atoms with E-state index in [9.17, 15) is 28.1 Å². The van der Waals surface area contributed by atoms with Crippen LogP contribution in [-0.4, -0.2) is 58.4 Å². The van der Waals surface area contributed by atoms with Gasteiger partial charge in [0.25, 0.3) is 15.7 Å². The van der Waals surface area contributed by atoms with Crippen LogP contribution in [0.25, 0.3) is 11.0 Å². The minimum Gasteiger partial charge on any atom is -0.352 e. The molecule has 0 aliphatic carbocycles. The van der Waals surface area contributed by atoms with Crippen molar-refractivity contribution in [3.63, 3.8) is 0 Å². The molecular formula is C24H31N5O6S. The van der Waals surface area contributed by atoms with Crippen molar-refractivity contribution in [2.45, 2.75) is 51.1 Å².